The lowest BCUT2D eigenvalue weighted by Gasteiger charge is -2.23. The fourth-order valence-corrected chi connectivity index (χ4v) is 2.81. The average Bonchev–Trinajstić information content (AvgIpc) is 2.49. The highest BCUT2D eigenvalue weighted by atomic mass is 79.9. The molecule has 1 N–H and O–H groups in total. The Bertz CT molecular complexity index is 572. The molecule has 0 heterocycles. The first kappa shape index (κ1) is 16.0. The van der Waals surface area contributed by atoms with Crippen LogP contribution in [0, 0.1) is 0 Å². The van der Waals surface area contributed by atoms with E-state index in [2.05, 4.69) is 15.9 Å². The third kappa shape index (κ3) is 4.06. The molecule has 0 aliphatic heterocycles. The summed E-state index contributed by atoms with van der Waals surface area (Å²) in [6.07, 6.45) is -0.564. The van der Waals surface area contributed by atoms with E-state index < -0.39 is 6.10 Å². The molecule has 21 heavy (non-hydrogen) atoms. The van der Waals surface area contributed by atoms with Gasteiger partial charge in [-0.15, -0.1) is 0 Å². The van der Waals surface area contributed by atoms with Crippen LogP contribution in [0.1, 0.15) is 17.2 Å². The summed E-state index contributed by atoms with van der Waals surface area (Å²) < 4.78 is 11.8. The zero-order valence-corrected chi connectivity index (χ0v) is 13.7. The van der Waals surface area contributed by atoms with Crippen LogP contribution < -0.4 is 4.74 Å². The number of aliphatic hydroxyl groups is 1. The summed E-state index contributed by atoms with van der Waals surface area (Å²) in [7, 11) is 3.24. The number of benzene rings is 2. The molecule has 0 fully saturated rings. The van der Waals surface area contributed by atoms with E-state index in [1.54, 1.807) is 14.2 Å². The fraction of sp³-hybridized carbons (Fsp3) is 0.294. The second-order valence-electron chi connectivity index (χ2n) is 4.79. The summed E-state index contributed by atoms with van der Waals surface area (Å²) in [4.78, 5) is 0. The van der Waals surface area contributed by atoms with Gasteiger partial charge in [0.25, 0.3) is 0 Å². The number of methoxy groups -OCH3 is 2. The molecule has 2 unspecified atom stereocenters. The van der Waals surface area contributed by atoms with Crippen molar-refractivity contribution in [2.24, 2.45) is 0 Å². The van der Waals surface area contributed by atoms with Crippen LogP contribution in [0.4, 0.5) is 0 Å². The van der Waals surface area contributed by atoms with Gasteiger partial charge in [0.1, 0.15) is 11.9 Å². The first-order valence-corrected chi connectivity index (χ1v) is 7.53. The molecule has 0 spiro atoms. The molecule has 3 nitrogen and oxygen atoms in total. The summed E-state index contributed by atoms with van der Waals surface area (Å²) >= 11 is 3.45. The summed E-state index contributed by atoms with van der Waals surface area (Å²) in [6, 6.07) is 15.5. The Labute approximate surface area is 133 Å². The Hall–Kier alpha value is -1.36. The molecule has 2 rings (SSSR count). The number of rotatable bonds is 6. The molecule has 0 aliphatic carbocycles. The Morgan fingerprint density at radius 1 is 1.10 bits per heavy atom. The van der Waals surface area contributed by atoms with Crippen molar-refractivity contribution in [1.82, 2.24) is 0 Å². The van der Waals surface area contributed by atoms with E-state index in [9.17, 15) is 5.11 Å². The Balaban J connectivity index is 2.20. The lowest BCUT2D eigenvalue weighted by Crippen LogP contribution is -2.23. The molecule has 0 bridgehead atoms. The molecule has 0 aliphatic rings. The van der Waals surface area contributed by atoms with Crippen LogP contribution in [0.3, 0.4) is 0 Å². The lowest BCUT2D eigenvalue weighted by atomic mass is 9.98. The third-order valence-corrected chi connectivity index (χ3v) is 3.90. The Morgan fingerprint density at radius 3 is 2.43 bits per heavy atom. The Kier molecular flexibility index (Phi) is 5.79. The lowest BCUT2D eigenvalue weighted by molar-refractivity contribution is -0.0130. The summed E-state index contributed by atoms with van der Waals surface area (Å²) in [5.74, 6) is 0.764. The van der Waals surface area contributed by atoms with Crippen molar-refractivity contribution < 1.29 is 14.6 Å². The quantitative estimate of drug-likeness (QED) is 0.862. The van der Waals surface area contributed by atoms with E-state index in [0.29, 0.717) is 6.42 Å². The van der Waals surface area contributed by atoms with Crippen LogP contribution in [0.15, 0.2) is 53.0 Å². The molecule has 0 radical (unpaired) electrons. The van der Waals surface area contributed by atoms with Crippen molar-refractivity contribution in [1.29, 1.82) is 0 Å². The molecule has 2 aromatic rings. The molecule has 0 saturated carbocycles. The monoisotopic (exact) mass is 350 g/mol. The van der Waals surface area contributed by atoms with Crippen molar-refractivity contribution in [2.75, 3.05) is 14.2 Å². The highest BCUT2D eigenvalue weighted by Crippen LogP contribution is 2.28. The number of halogens is 1. The van der Waals surface area contributed by atoms with E-state index in [0.717, 1.165) is 21.3 Å². The molecule has 4 heteroatoms. The van der Waals surface area contributed by atoms with Gasteiger partial charge in [0, 0.05) is 18.0 Å². The predicted octanol–water partition coefficient (Wildman–Crippen LogP) is 3.75. The topological polar surface area (TPSA) is 38.7 Å². The summed E-state index contributed by atoms with van der Waals surface area (Å²) in [5, 5.41) is 10.5. The van der Waals surface area contributed by atoms with E-state index >= 15 is 0 Å². The average molecular weight is 351 g/mol. The maximum Gasteiger partial charge on any atom is 0.122 e. The van der Waals surface area contributed by atoms with Gasteiger partial charge in [0.05, 0.1) is 13.2 Å². The van der Waals surface area contributed by atoms with Gasteiger partial charge in [-0.3, -0.25) is 0 Å². The first-order chi connectivity index (χ1) is 10.2. The van der Waals surface area contributed by atoms with Crippen molar-refractivity contribution in [2.45, 2.75) is 18.6 Å². The first-order valence-electron chi connectivity index (χ1n) is 6.74. The van der Waals surface area contributed by atoms with Crippen LogP contribution in [0.5, 0.6) is 5.75 Å². The van der Waals surface area contributed by atoms with Crippen LogP contribution in [0.2, 0.25) is 0 Å². The van der Waals surface area contributed by atoms with Gasteiger partial charge in [0.2, 0.25) is 0 Å². The number of aliphatic hydroxyl groups excluding tert-OH is 1. The van der Waals surface area contributed by atoms with Gasteiger partial charge in [-0.05, 0) is 29.3 Å². The maximum atomic E-state index is 10.5. The van der Waals surface area contributed by atoms with Gasteiger partial charge in [-0.2, -0.15) is 0 Å². The zero-order valence-electron chi connectivity index (χ0n) is 12.1. The Morgan fingerprint density at radius 2 is 1.81 bits per heavy atom. The second-order valence-corrected chi connectivity index (χ2v) is 5.71. The SMILES string of the molecule is COc1ccc(Br)cc1CC(O)C(OC)c1ccccc1. The molecule has 0 amide bonds. The summed E-state index contributed by atoms with van der Waals surface area (Å²) in [5.41, 5.74) is 1.90. The van der Waals surface area contributed by atoms with Gasteiger partial charge in [-0.25, -0.2) is 0 Å². The minimum atomic E-state index is -0.652. The highest BCUT2D eigenvalue weighted by Gasteiger charge is 2.22. The van der Waals surface area contributed by atoms with Crippen molar-refractivity contribution in [3.8, 4) is 5.75 Å². The molecular formula is C17H19BrO3. The molecule has 0 aromatic heterocycles. The largest absolute Gasteiger partial charge is 0.496 e. The van der Waals surface area contributed by atoms with Gasteiger partial charge < -0.3 is 14.6 Å². The van der Waals surface area contributed by atoms with E-state index in [1.165, 1.54) is 0 Å². The van der Waals surface area contributed by atoms with E-state index in [4.69, 9.17) is 9.47 Å². The minimum absolute atomic E-state index is 0.366. The predicted molar refractivity (Wildman–Crippen MR) is 86.6 cm³/mol. The fourth-order valence-electron chi connectivity index (χ4n) is 2.40. The normalized spacial score (nSPS) is 13.7. The highest BCUT2D eigenvalue weighted by molar-refractivity contribution is 9.10. The summed E-state index contributed by atoms with van der Waals surface area (Å²) in [6.45, 7) is 0. The van der Waals surface area contributed by atoms with E-state index in [1.807, 2.05) is 48.5 Å². The van der Waals surface area contributed by atoms with Crippen LogP contribution in [-0.4, -0.2) is 25.4 Å². The van der Waals surface area contributed by atoms with Crippen molar-refractivity contribution in [3.05, 3.63) is 64.1 Å². The van der Waals surface area contributed by atoms with E-state index in [-0.39, 0.29) is 6.10 Å². The molecule has 2 aromatic carbocycles. The van der Waals surface area contributed by atoms with Gasteiger partial charge >= 0.3 is 0 Å². The number of hydrogen-bond donors (Lipinski definition) is 1. The molecular weight excluding hydrogens is 332 g/mol. The molecule has 112 valence electrons. The standard InChI is InChI=1S/C17H19BrO3/c1-20-16-9-8-14(18)10-13(16)11-15(19)17(21-2)12-6-4-3-5-7-12/h3-10,15,17,19H,11H2,1-2H3. The molecule has 0 saturated heterocycles. The second kappa shape index (κ2) is 7.59. The zero-order chi connectivity index (χ0) is 15.2. The van der Waals surface area contributed by atoms with Crippen LogP contribution >= 0.6 is 15.9 Å². The maximum absolute atomic E-state index is 10.5. The van der Waals surface area contributed by atoms with Gasteiger partial charge in [-0.1, -0.05) is 46.3 Å². The smallest absolute Gasteiger partial charge is 0.122 e. The van der Waals surface area contributed by atoms with Crippen molar-refractivity contribution in [3.63, 3.8) is 0 Å². The number of ether oxygens (including phenoxy) is 2. The number of hydrogen-bond acceptors (Lipinski definition) is 3. The van der Waals surface area contributed by atoms with Crippen LogP contribution in [-0.2, 0) is 11.2 Å². The van der Waals surface area contributed by atoms with Crippen LogP contribution in [0.25, 0.3) is 0 Å². The third-order valence-electron chi connectivity index (χ3n) is 3.40. The minimum Gasteiger partial charge on any atom is -0.496 e. The van der Waals surface area contributed by atoms with Gasteiger partial charge in [0.15, 0.2) is 0 Å². The molecule has 2 atom stereocenters. The van der Waals surface area contributed by atoms with Crippen molar-refractivity contribution >= 4 is 15.9 Å².